The Hall–Kier alpha value is -0.880. The molecule has 1 saturated heterocycles. The molecule has 0 N–H and O–H groups in total. The molecule has 2 rings (SSSR count). The van der Waals surface area contributed by atoms with E-state index in [-0.39, 0.29) is 22.8 Å². The van der Waals surface area contributed by atoms with E-state index in [0.29, 0.717) is 18.7 Å². The van der Waals surface area contributed by atoms with Crippen LogP contribution in [0.15, 0.2) is 11.4 Å². The van der Waals surface area contributed by atoms with E-state index in [1.165, 1.54) is 4.88 Å². The smallest absolute Gasteiger partial charge is 0.254 e. The Morgan fingerprint density at radius 2 is 1.84 bits per heavy atom. The average Bonchev–Trinajstić information content (AvgIpc) is 2.77. The predicted molar refractivity (Wildman–Crippen MR) is 77.6 cm³/mol. The normalized spacial score (nSPS) is 19.4. The molecule has 0 saturated carbocycles. The van der Waals surface area contributed by atoms with Crippen molar-refractivity contribution < 1.29 is 13.2 Å². The number of thiophene rings is 1. The van der Waals surface area contributed by atoms with E-state index in [0.717, 1.165) is 0 Å². The lowest BCUT2D eigenvalue weighted by Crippen LogP contribution is -2.43. The van der Waals surface area contributed by atoms with Gasteiger partial charge in [0.2, 0.25) is 0 Å². The first-order valence-electron chi connectivity index (χ1n) is 6.28. The summed E-state index contributed by atoms with van der Waals surface area (Å²) in [7, 11) is -2.94. The van der Waals surface area contributed by atoms with Crippen LogP contribution in [0.25, 0.3) is 0 Å². The third-order valence-corrected chi connectivity index (χ3v) is 6.18. The van der Waals surface area contributed by atoms with Crippen LogP contribution in [0.2, 0.25) is 0 Å². The number of carbonyl (C=O) groups is 1. The van der Waals surface area contributed by atoms with Crippen molar-refractivity contribution in [2.24, 2.45) is 0 Å². The van der Waals surface area contributed by atoms with Crippen LogP contribution in [0.5, 0.6) is 0 Å². The maximum atomic E-state index is 12.3. The van der Waals surface area contributed by atoms with Crippen molar-refractivity contribution in [3.8, 4) is 0 Å². The molecule has 2 heterocycles. The van der Waals surface area contributed by atoms with Crippen LogP contribution in [0.1, 0.15) is 36.0 Å². The minimum atomic E-state index is -2.94. The molecule has 0 spiro atoms. The van der Waals surface area contributed by atoms with Crippen LogP contribution in [-0.2, 0) is 15.3 Å². The van der Waals surface area contributed by atoms with Crippen LogP contribution >= 0.6 is 11.3 Å². The summed E-state index contributed by atoms with van der Waals surface area (Å²) in [5, 5.41) is 1.87. The summed E-state index contributed by atoms with van der Waals surface area (Å²) in [6, 6.07) is 1.93. The minimum Gasteiger partial charge on any atom is -0.337 e. The third kappa shape index (κ3) is 3.36. The summed E-state index contributed by atoms with van der Waals surface area (Å²) in [5.74, 6) is 0.103. The molecule has 1 aromatic heterocycles. The zero-order chi connectivity index (χ0) is 14.3. The predicted octanol–water partition coefficient (Wildman–Crippen LogP) is 1.92. The van der Waals surface area contributed by atoms with Gasteiger partial charge in [-0.05, 0) is 11.5 Å². The molecule has 0 aromatic carbocycles. The van der Waals surface area contributed by atoms with Gasteiger partial charge < -0.3 is 4.90 Å². The van der Waals surface area contributed by atoms with Gasteiger partial charge in [0.1, 0.15) is 0 Å². The Bertz CT molecular complexity index is 567. The Morgan fingerprint density at radius 1 is 1.26 bits per heavy atom. The largest absolute Gasteiger partial charge is 0.337 e. The highest BCUT2D eigenvalue weighted by molar-refractivity contribution is 7.91. The molecule has 106 valence electrons. The quantitative estimate of drug-likeness (QED) is 0.796. The van der Waals surface area contributed by atoms with Gasteiger partial charge in [0.15, 0.2) is 9.84 Å². The maximum Gasteiger partial charge on any atom is 0.254 e. The number of rotatable bonds is 1. The molecular weight excluding hydrogens is 282 g/mol. The van der Waals surface area contributed by atoms with Gasteiger partial charge >= 0.3 is 0 Å². The Kier molecular flexibility index (Phi) is 3.75. The second-order valence-electron chi connectivity index (χ2n) is 5.89. The van der Waals surface area contributed by atoms with E-state index in [1.54, 1.807) is 16.2 Å². The highest BCUT2D eigenvalue weighted by Crippen LogP contribution is 2.29. The van der Waals surface area contributed by atoms with Crippen molar-refractivity contribution in [1.82, 2.24) is 4.90 Å². The number of amides is 1. The number of sulfone groups is 1. The van der Waals surface area contributed by atoms with Crippen molar-refractivity contribution in [3.63, 3.8) is 0 Å². The Labute approximate surface area is 118 Å². The fourth-order valence-electron chi connectivity index (χ4n) is 1.94. The van der Waals surface area contributed by atoms with E-state index in [1.807, 2.05) is 11.4 Å². The number of nitrogens with zero attached hydrogens (tertiary/aromatic N) is 1. The average molecular weight is 301 g/mol. The molecule has 6 heteroatoms. The molecule has 0 unspecified atom stereocenters. The summed E-state index contributed by atoms with van der Waals surface area (Å²) in [5.41, 5.74) is 0.711. The Balaban J connectivity index is 2.11. The molecule has 0 radical (unpaired) electrons. The van der Waals surface area contributed by atoms with Crippen molar-refractivity contribution in [2.45, 2.75) is 26.2 Å². The van der Waals surface area contributed by atoms with Gasteiger partial charge in [0.05, 0.1) is 17.1 Å². The molecule has 0 aliphatic carbocycles. The molecule has 0 bridgehead atoms. The van der Waals surface area contributed by atoms with E-state index >= 15 is 0 Å². The molecule has 1 aliphatic rings. The molecule has 0 atom stereocenters. The fourth-order valence-corrected chi connectivity index (χ4v) is 4.11. The molecule has 1 amide bonds. The van der Waals surface area contributed by atoms with Crippen LogP contribution in [0.4, 0.5) is 0 Å². The van der Waals surface area contributed by atoms with Crippen molar-refractivity contribution in [3.05, 3.63) is 21.9 Å². The summed E-state index contributed by atoms with van der Waals surface area (Å²) in [6.45, 7) is 6.95. The molecule has 1 fully saturated rings. The van der Waals surface area contributed by atoms with E-state index in [9.17, 15) is 13.2 Å². The molecular formula is C13H19NO3S2. The van der Waals surface area contributed by atoms with Gasteiger partial charge in [-0.2, -0.15) is 0 Å². The molecule has 4 nitrogen and oxygen atoms in total. The summed E-state index contributed by atoms with van der Waals surface area (Å²) in [6.07, 6.45) is 0. The van der Waals surface area contributed by atoms with Gasteiger partial charge in [0, 0.05) is 23.3 Å². The second-order valence-corrected chi connectivity index (χ2v) is 9.11. The monoisotopic (exact) mass is 301 g/mol. The molecule has 1 aliphatic heterocycles. The second kappa shape index (κ2) is 4.90. The fraction of sp³-hybridized carbons (Fsp3) is 0.615. The Morgan fingerprint density at radius 3 is 2.32 bits per heavy atom. The van der Waals surface area contributed by atoms with E-state index in [2.05, 4.69) is 20.8 Å². The first-order chi connectivity index (χ1) is 8.69. The first kappa shape index (κ1) is 14.5. The van der Waals surface area contributed by atoms with Crippen molar-refractivity contribution in [1.29, 1.82) is 0 Å². The SMILES string of the molecule is CC(C)(C)c1cc(C(=O)N2CCS(=O)(=O)CC2)cs1. The van der Waals surface area contributed by atoms with Crippen LogP contribution < -0.4 is 0 Å². The maximum absolute atomic E-state index is 12.3. The van der Waals surface area contributed by atoms with Gasteiger partial charge in [-0.25, -0.2) is 8.42 Å². The summed E-state index contributed by atoms with van der Waals surface area (Å²) in [4.78, 5) is 15.1. The van der Waals surface area contributed by atoms with Crippen molar-refractivity contribution >= 4 is 27.1 Å². The van der Waals surface area contributed by atoms with E-state index in [4.69, 9.17) is 0 Å². The first-order valence-corrected chi connectivity index (χ1v) is 8.98. The lowest BCUT2D eigenvalue weighted by atomic mass is 9.94. The van der Waals surface area contributed by atoms with E-state index < -0.39 is 9.84 Å². The van der Waals surface area contributed by atoms with Gasteiger partial charge in [-0.3, -0.25) is 4.79 Å². The highest BCUT2D eigenvalue weighted by atomic mass is 32.2. The number of hydrogen-bond acceptors (Lipinski definition) is 4. The zero-order valence-corrected chi connectivity index (χ0v) is 13.1. The topological polar surface area (TPSA) is 54.5 Å². The van der Waals surface area contributed by atoms with Gasteiger partial charge in [-0.1, -0.05) is 20.8 Å². The zero-order valence-electron chi connectivity index (χ0n) is 11.5. The summed E-state index contributed by atoms with van der Waals surface area (Å²) < 4.78 is 22.7. The van der Waals surface area contributed by atoms with Gasteiger partial charge in [-0.15, -0.1) is 11.3 Å². The third-order valence-electron chi connectivity index (χ3n) is 3.22. The van der Waals surface area contributed by atoms with Crippen LogP contribution in [-0.4, -0.2) is 43.8 Å². The lowest BCUT2D eigenvalue weighted by molar-refractivity contribution is 0.0770. The molecule has 19 heavy (non-hydrogen) atoms. The highest BCUT2D eigenvalue weighted by Gasteiger charge is 2.27. The number of hydrogen-bond donors (Lipinski definition) is 0. The molecule has 1 aromatic rings. The van der Waals surface area contributed by atoms with Gasteiger partial charge in [0.25, 0.3) is 5.91 Å². The van der Waals surface area contributed by atoms with Crippen LogP contribution in [0.3, 0.4) is 0 Å². The standard InChI is InChI=1S/C13H19NO3S2/c1-13(2,3)11-8-10(9-18-11)12(15)14-4-6-19(16,17)7-5-14/h8-9H,4-7H2,1-3H3. The minimum absolute atomic E-state index is 0.0361. The number of carbonyl (C=O) groups excluding carboxylic acids is 1. The van der Waals surface area contributed by atoms with Crippen LogP contribution in [0, 0.1) is 0 Å². The summed E-state index contributed by atoms with van der Waals surface area (Å²) >= 11 is 1.58. The van der Waals surface area contributed by atoms with Crippen molar-refractivity contribution in [2.75, 3.05) is 24.6 Å². The lowest BCUT2D eigenvalue weighted by Gasteiger charge is -2.26.